The number of piperidine rings is 1. The molecule has 2 atom stereocenters. The summed E-state index contributed by atoms with van der Waals surface area (Å²) in [4.78, 5) is 0. The quantitative estimate of drug-likeness (QED) is 0.847. The smallest absolute Gasteiger partial charge is 0.0985 e. The molecule has 1 fully saturated rings. The van der Waals surface area contributed by atoms with Crippen LogP contribution in [-0.2, 0) is 4.74 Å². The van der Waals surface area contributed by atoms with Gasteiger partial charge in [-0.3, -0.25) is 0 Å². The summed E-state index contributed by atoms with van der Waals surface area (Å²) in [7, 11) is 1.75. The monoisotopic (exact) mass is 296 g/mol. The molecule has 112 valence electrons. The van der Waals surface area contributed by atoms with Gasteiger partial charge in [0.05, 0.1) is 6.10 Å². The van der Waals surface area contributed by atoms with Crippen LogP contribution in [0.4, 0.5) is 0 Å². The molecular formula is C16H25ClN2O. The molecule has 1 aliphatic heterocycles. The molecule has 0 aromatic heterocycles. The zero-order valence-corrected chi connectivity index (χ0v) is 13.1. The van der Waals surface area contributed by atoms with Gasteiger partial charge in [0.1, 0.15) is 0 Å². The summed E-state index contributed by atoms with van der Waals surface area (Å²) in [6.45, 7) is 5.49. The first-order valence-corrected chi connectivity index (χ1v) is 7.81. The Morgan fingerprint density at radius 2 is 2.05 bits per heavy atom. The van der Waals surface area contributed by atoms with E-state index < -0.39 is 0 Å². The van der Waals surface area contributed by atoms with Gasteiger partial charge in [-0.1, -0.05) is 29.8 Å². The minimum absolute atomic E-state index is 0.00887. The van der Waals surface area contributed by atoms with Crippen molar-refractivity contribution in [2.24, 2.45) is 5.92 Å². The lowest BCUT2D eigenvalue weighted by Gasteiger charge is -2.28. The lowest BCUT2D eigenvalue weighted by molar-refractivity contribution is 0.0715. The Hall–Kier alpha value is -0.610. The minimum Gasteiger partial charge on any atom is -0.375 e. The highest BCUT2D eigenvalue weighted by atomic mass is 35.5. The Labute approximate surface area is 127 Å². The molecule has 0 saturated carbocycles. The molecule has 1 aliphatic rings. The molecule has 0 radical (unpaired) electrons. The summed E-state index contributed by atoms with van der Waals surface area (Å²) in [5.41, 5.74) is 1.06. The van der Waals surface area contributed by atoms with Gasteiger partial charge in [-0.15, -0.1) is 0 Å². The fourth-order valence-electron chi connectivity index (χ4n) is 2.85. The Morgan fingerprint density at radius 3 is 2.70 bits per heavy atom. The van der Waals surface area contributed by atoms with Crippen molar-refractivity contribution >= 4 is 11.6 Å². The third kappa shape index (κ3) is 4.19. The average molecular weight is 297 g/mol. The Kier molecular flexibility index (Phi) is 6.30. The molecule has 1 heterocycles. The average Bonchev–Trinajstić information content (AvgIpc) is 2.49. The van der Waals surface area contributed by atoms with Crippen LogP contribution in [0.3, 0.4) is 0 Å². The molecule has 0 aliphatic carbocycles. The van der Waals surface area contributed by atoms with Gasteiger partial charge >= 0.3 is 0 Å². The van der Waals surface area contributed by atoms with E-state index >= 15 is 0 Å². The van der Waals surface area contributed by atoms with E-state index in [0.29, 0.717) is 0 Å². The molecule has 20 heavy (non-hydrogen) atoms. The Morgan fingerprint density at radius 1 is 1.35 bits per heavy atom. The molecule has 2 N–H and O–H groups in total. The van der Waals surface area contributed by atoms with E-state index in [4.69, 9.17) is 16.3 Å². The second kappa shape index (κ2) is 7.99. The molecule has 2 unspecified atom stereocenters. The summed E-state index contributed by atoms with van der Waals surface area (Å²) in [5, 5.41) is 7.79. The fraction of sp³-hybridized carbons (Fsp3) is 0.625. The first-order valence-electron chi connectivity index (χ1n) is 7.43. The van der Waals surface area contributed by atoms with Gasteiger partial charge in [0.25, 0.3) is 0 Å². The summed E-state index contributed by atoms with van der Waals surface area (Å²) in [6, 6.07) is 8.16. The highest BCUT2D eigenvalue weighted by molar-refractivity contribution is 6.31. The summed E-state index contributed by atoms with van der Waals surface area (Å²) < 4.78 is 5.66. The van der Waals surface area contributed by atoms with Gasteiger partial charge in [0.2, 0.25) is 0 Å². The number of benzene rings is 1. The second-order valence-corrected chi connectivity index (χ2v) is 5.98. The Balaban J connectivity index is 1.91. The maximum atomic E-state index is 6.27. The van der Waals surface area contributed by atoms with Gasteiger partial charge in [-0.05, 0) is 51.4 Å². The molecule has 1 aromatic rings. The van der Waals surface area contributed by atoms with Crippen LogP contribution < -0.4 is 10.6 Å². The molecule has 0 amide bonds. The molecule has 2 rings (SSSR count). The van der Waals surface area contributed by atoms with Crippen molar-refractivity contribution in [2.45, 2.75) is 31.9 Å². The lowest BCUT2D eigenvalue weighted by atomic mass is 9.97. The third-order valence-electron chi connectivity index (χ3n) is 4.11. The summed E-state index contributed by atoms with van der Waals surface area (Å²) >= 11 is 6.27. The second-order valence-electron chi connectivity index (χ2n) is 5.57. The predicted molar refractivity (Wildman–Crippen MR) is 84.3 cm³/mol. The van der Waals surface area contributed by atoms with E-state index in [1.54, 1.807) is 7.11 Å². The Bertz CT molecular complexity index is 407. The number of ether oxygens (including phenoxy) is 1. The van der Waals surface area contributed by atoms with Crippen LogP contribution in [0, 0.1) is 5.92 Å². The largest absolute Gasteiger partial charge is 0.375 e. The van der Waals surface area contributed by atoms with Gasteiger partial charge in [-0.25, -0.2) is 0 Å². The molecule has 1 saturated heterocycles. The van der Waals surface area contributed by atoms with Crippen LogP contribution in [0.1, 0.15) is 31.4 Å². The molecule has 0 bridgehead atoms. The summed E-state index contributed by atoms with van der Waals surface area (Å²) in [5.74, 6) is 0.766. The fourth-order valence-corrected chi connectivity index (χ4v) is 3.09. The maximum Gasteiger partial charge on any atom is 0.0985 e. The van der Waals surface area contributed by atoms with Crippen LogP contribution in [0.15, 0.2) is 24.3 Å². The minimum atomic E-state index is -0.00887. The van der Waals surface area contributed by atoms with E-state index in [0.717, 1.165) is 36.1 Å². The number of hydrogen-bond acceptors (Lipinski definition) is 3. The molecule has 4 heteroatoms. The van der Waals surface area contributed by atoms with Gasteiger partial charge in [0.15, 0.2) is 0 Å². The lowest BCUT2D eigenvalue weighted by Crippen LogP contribution is -2.39. The van der Waals surface area contributed by atoms with Crippen LogP contribution >= 0.6 is 11.6 Å². The SMILES string of the molecule is COC(c1ccccc1Cl)C(C)NCC1CCNCC1. The number of rotatable bonds is 6. The molecule has 3 nitrogen and oxygen atoms in total. The topological polar surface area (TPSA) is 33.3 Å². The van der Waals surface area contributed by atoms with Crippen molar-refractivity contribution in [2.75, 3.05) is 26.7 Å². The van der Waals surface area contributed by atoms with Gasteiger partial charge < -0.3 is 15.4 Å². The van der Waals surface area contributed by atoms with E-state index in [1.165, 1.54) is 12.8 Å². The van der Waals surface area contributed by atoms with Crippen molar-refractivity contribution < 1.29 is 4.74 Å². The van der Waals surface area contributed by atoms with E-state index in [-0.39, 0.29) is 12.1 Å². The number of nitrogens with one attached hydrogen (secondary N) is 2. The van der Waals surface area contributed by atoms with Crippen molar-refractivity contribution in [1.29, 1.82) is 0 Å². The molecule has 0 spiro atoms. The van der Waals surface area contributed by atoms with Gasteiger partial charge in [0, 0.05) is 23.7 Å². The van der Waals surface area contributed by atoms with E-state index in [1.807, 2.05) is 24.3 Å². The first kappa shape index (κ1) is 15.8. The molecule has 1 aromatic carbocycles. The maximum absolute atomic E-state index is 6.27. The van der Waals surface area contributed by atoms with Crippen LogP contribution in [0.2, 0.25) is 5.02 Å². The highest BCUT2D eigenvalue weighted by Gasteiger charge is 2.22. The standard InChI is InChI=1S/C16H25ClN2O/c1-12(19-11-13-7-9-18-10-8-13)16(20-2)14-5-3-4-6-15(14)17/h3-6,12-13,16,18-19H,7-11H2,1-2H3. The van der Waals surface area contributed by atoms with Crippen molar-refractivity contribution in [3.8, 4) is 0 Å². The number of hydrogen-bond donors (Lipinski definition) is 2. The van der Waals surface area contributed by atoms with Crippen molar-refractivity contribution in [3.63, 3.8) is 0 Å². The molecular weight excluding hydrogens is 272 g/mol. The van der Waals surface area contributed by atoms with E-state index in [9.17, 15) is 0 Å². The van der Waals surface area contributed by atoms with Crippen LogP contribution in [0.5, 0.6) is 0 Å². The first-order chi connectivity index (χ1) is 9.72. The van der Waals surface area contributed by atoms with Crippen molar-refractivity contribution in [1.82, 2.24) is 10.6 Å². The van der Waals surface area contributed by atoms with E-state index in [2.05, 4.69) is 17.6 Å². The van der Waals surface area contributed by atoms with Crippen LogP contribution in [-0.4, -0.2) is 32.8 Å². The summed E-state index contributed by atoms with van der Waals surface area (Å²) in [6.07, 6.45) is 2.50. The van der Waals surface area contributed by atoms with Gasteiger partial charge in [-0.2, -0.15) is 0 Å². The van der Waals surface area contributed by atoms with Crippen molar-refractivity contribution in [3.05, 3.63) is 34.9 Å². The highest BCUT2D eigenvalue weighted by Crippen LogP contribution is 2.27. The third-order valence-corrected chi connectivity index (χ3v) is 4.45. The number of halogens is 1. The number of methoxy groups -OCH3 is 1. The zero-order valence-electron chi connectivity index (χ0n) is 12.4. The normalized spacial score (nSPS) is 19.8. The predicted octanol–water partition coefficient (Wildman–Crippen LogP) is 3.01. The zero-order chi connectivity index (χ0) is 14.4. The van der Waals surface area contributed by atoms with Crippen LogP contribution in [0.25, 0.3) is 0 Å².